The molecule has 10 heteroatoms. The van der Waals surface area contributed by atoms with Crippen LogP contribution in [0.15, 0.2) is 52.0 Å². The average Bonchev–Trinajstić information content (AvgIpc) is 3.06. The van der Waals surface area contributed by atoms with Gasteiger partial charge in [0, 0.05) is 15.7 Å². The second kappa shape index (κ2) is 9.41. The molecule has 0 bridgehead atoms. The minimum atomic E-state index is -0.444. The smallest absolute Gasteiger partial charge is 0.285 e. The molecule has 0 aliphatic heterocycles. The number of carbonyl (C=O) groups excluding carboxylic acids is 1. The number of hydrogen-bond acceptors (Lipinski definition) is 7. The monoisotopic (exact) mass is 506 g/mol. The van der Waals surface area contributed by atoms with Gasteiger partial charge in [-0.2, -0.15) is 5.10 Å². The van der Waals surface area contributed by atoms with Crippen LogP contribution in [0.25, 0.3) is 5.69 Å². The first-order valence-electron chi connectivity index (χ1n) is 8.70. The Kier molecular flexibility index (Phi) is 6.91. The van der Waals surface area contributed by atoms with Crippen LogP contribution >= 0.6 is 39.5 Å². The summed E-state index contributed by atoms with van der Waals surface area (Å²) in [5.41, 5.74) is 10.8. The van der Waals surface area contributed by atoms with Gasteiger partial charge in [-0.3, -0.25) is 9.36 Å². The molecule has 2 aromatic carbocycles. The van der Waals surface area contributed by atoms with Crippen molar-refractivity contribution in [3.05, 3.63) is 61.3 Å². The van der Waals surface area contributed by atoms with Crippen molar-refractivity contribution in [3.8, 4) is 17.2 Å². The first-order chi connectivity index (χ1) is 14.3. The molecular weight excluding hydrogens is 488 g/mol. The average molecular weight is 507 g/mol. The zero-order valence-electron chi connectivity index (χ0n) is 16.4. The molecule has 0 unspecified atom stereocenters. The number of amides is 1. The van der Waals surface area contributed by atoms with E-state index in [1.165, 1.54) is 0 Å². The molecule has 3 N–H and O–H groups in total. The molecule has 3 aromatic rings. The van der Waals surface area contributed by atoms with Crippen molar-refractivity contribution in [1.29, 1.82) is 0 Å². The lowest BCUT2D eigenvalue weighted by molar-refractivity contribution is 0.0959. The highest BCUT2D eigenvalue weighted by atomic mass is 79.9. The number of anilines is 1. The van der Waals surface area contributed by atoms with Crippen LogP contribution in [0, 0.1) is 3.95 Å². The van der Waals surface area contributed by atoms with Crippen LogP contribution in [-0.4, -0.2) is 30.4 Å². The Hall–Kier alpha value is -2.69. The summed E-state index contributed by atoms with van der Waals surface area (Å²) in [7, 11) is 3.14. The quantitative estimate of drug-likeness (QED) is 0.285. The fraction of sp³-hybridized carbons (Fsp3) is 0.150. The van der Waals surface area contributed by atoms with Crippen molar-refractivity contribution in [2.24, 2.45) is 5.10 Å². The summed E-state index contributed by atoms with van der Waals surface area (Å²) in [5, 5.41) is 4.20. The lowest BCUT2D eigenvalue weighted by Crippen LogP contribution is -2.20. The molecule has 0 aliphatic carbocycles. The topological polar surface area (TPSA) is 90.9 Å². The molecule has 0 atom stereocenters. The zero-order chi connectivity index (χ0) is 21.8. The highest BCUT2D eigenvalue weighted by molar-refractivity contribution is 9.10. The normalized spacial score (nSPS) is 11.3. The van der Waals surface area contributed by atoms with E-state index in [1.807, 2.05) is 24.3 Å². The van der Waals surface area contributed by atoms with Crippen molar-refractivity contribution in [2.45, 2.75) is 6.92 Å². The Bertz CT molecular complexity index is 1170. The number of methoxy groups -OCH3 is 2. The molecule has 3 rings (SSSR count). The Morgan fingerprint density at radius 3 is 2.53 bits per heavy atom. The van der Waals surface area contributed by atoms with Crippen molar-refractivity contribution in [2.75, 3.05) is 20.0 Å². The van der Waals surface area contributed by atoms with Crippen molar-refractivity contribution in [3.63, 3.8) is 0 Å². The van der Waals surface area contributed by atoms with Gasteiger partial charge in [0.25, 0.3) is 5.91 Å². The third-order valence-electron chi connectivity index (χ3n) is 4.26. The summed E-state index contributed by atoms with van der Waals surface area (Å²) in [6.45, 7) is 1.76. The van der Waals surface area contributed by atoms with E-state index in [9.17, 15) is 4.79 Å². The summed E-state index contributed by atoms with van der Waals surface area (Å²) in [4.78, 5) is 13.0. The van der Waals surface area contributed by atoms with Crippen LogP contribution < -0.4 is 20.6 Å². The summed E-state index contributed by atoms with van der Waals surface area (Å²) >= 11 is 9.93. The fourth-order valence-electron chi connectivity index (χ4n) is 2.72. The molecule has 0 aliphatic rings. The van der Waals surface area contributed by atoms with Gasteiger partial charge in [0.05, 0.1) is 19.9 Å². The molecule has 0 saturated heterocycles. The summed E-state index contributed by atoms with van der Waals surface area (Å²) < 4.78 is 13.7. The molecule has 1 amide bonds. The molecule has 1 heterocycles. The number of rotatable bonds is 6. The molecule has 0 fully saturated rings. The maximum atomic E-state index is 12.7. The van der Waals surface area contributed by atoms with Gasteiger partial charge >= 0.3 is 0 Å². The van der Waals surface area contributed by atoms with Crippen molar-refractivity contribution >= 4 is 56.9 Å². The van der Waals surface area contributed by atoms with E-state index in [1.54, 1.807) is 43.9 Å². The van der Waals surface area contributed by atoms with E-state index < -0.39 is 5.91 Å². The SMILES string of the molecule is COc1ccc(OC)c(C(C)=NNC(=O)c2sc(=S)n(-c3ccc(Br)cc3)c2N)c1. The Morgan fingerprint density at radius 1 is 1.20 bits per heavy atom. The molecular formula is C20H19BrN4O3S2. The second-order valence-corrected chi connectivity index (χ2v) is 8.66. The molecule has 1 aromatic heterocycles. The largest absolute Gasteiger partial charge is 0.497 e. The number of hydrogen-bond donors (Lipinski definition) is 2. The Labute approximate surface area is 191 Å². The first kappa shape index (κ1) is 22.0. The number of carbonyl (C=O) groups is 1. The van der Waals surface area contributed by atoms with Crippen LogP contribution in [-0.2, 0) is 0 Å². The van der Waals surface area contributed by atoms with Gasteiger partial charge in [-0.15, -0.1) is 0 Å². The first-order valence-corrected chi connectivity index (χ1v) is 10.7. The van der Waals surface area contributed by atoms with E-state index >= 15 is 0 Å². The maximum absolute atomic E-state index is 12.7. The Morgan fingerprint density at radius 2 is 1.90 bits per heavy atom. The van der Waals surface area contributed by atoms with E-state index in [0.717, 1.165) is 21.5 Å². The molecule has 7 nitrogen and oxygen atoms in total. The van der Waals surface area contributed by atoms with Gasteiger partial charge in [-0.25, -0.2) is 5.43 Å². The lowest BCUT2D eigenvalue weighted by Gasteiger charge is -2.10. The maximum Gasteiger partial charge on any atom is 0.285 e. The minimum absolute atomic E-state index is 0.261. The predicted octanol–water partition coefficient (Wildman–Crippen LogP) is 4.78. The van der Waals surface area contributed by atoms with E-state index in [4.69, 9.17) is 27.4 Å². The van der Waals surface area contributed by atoms with Crippen molar-refractivity contribution < 1.29 is 14.3 Å². The number of nitrogens with two attached hydrogens (primary N) is 1. The summed E-state index contributed by atoms with van der Waals surface area (Å²) in [6, 6.07) is 12.8. The van der Waals surface area contributed by atoms with Crippen LogP contribution in [0.3, 0.4) is 0 Å². The van der Waals surface area contributed by atoms with E-state index in [0.29, 0.717) is 26.7 Å². The van der Waals surface area contributed by atoms with Crippen LogP contribution in [0.4, 0.5) is 5.82 Å². The van der Waals surface area contributed by atoms with E-state index in [-0.39, 0.29) is 10.7 Å². The van der Waals surface area contributed by atoms with E-state index in [2.05, 4.69) is 26.5 Å². The van der Waals surface area contributed by atoms with Gasteiger partial charge in [-0.05, 0) is 61.6 Å². The summed E-state index contributed by atoms with van der Waals surface area (Å²) in [5.74, 6) is 1.08. The third kappa shape index (κ3) is 4.55. The number of aromatic nitrogens is 1. The number of nitrogens with one attached hydrogen (secondary N) is 1. The lowest BCUT2D eigenvalue weighted by atomic mass is 10.1. The highest BCUT2D eigenvalue weighted by Gasteiger charge is 2.18. The standard InChI is InChI=1S/C20H19BrN4O3S2/c1-11(15-10-14(27-2)8-9-16(15)28-3)23-24-19(26)17-18(22)25(20(29)30-17)13-6-4-12(21)5-7-13/h4-10H,22H2,1-3H3,(H,24,26). The number of benzene rings is 2. The number of thiazole rings is 1. The molecule has 0 spiro atoms. The van der Waals surface area contributed by atoms with Gasteiger partial charge in [-0.1, -0.05) is 27.3 Å². The summed E-state index contributed by atoms with van der Waals surface area (Å²) in [6.07, 6.45) is 0. The molecule has 30 heavy (non-hydrogen) atoms. The zero-order valence-corrected chi connectivity index (χ0v) is 19.7. The molecule has 0 radical (unpaired) electrons. The van der Waals surface area contributed by atoms with Gasteiger partial charge in [0.2, 0.25) is 0 Å². The second-order valence-electron chi connectivity index (χ2n) is 6.10. The number of hydrazone groups is 1. The predicted molar refractivity (Wildman–Crippen MR) is 126 cm³/mol. The van der Waals surface area contributed by atoms with Crippen LogP contribution in [0.1, 0.15) is 22.2 Å². The fourth-order valence-corrected chi connectivity index (χ4v) is 4.25. The number of ether oxygens (including phenoxy) is 2. The molecule has 0 saturated carbocycles. The number of nitrogen functional groups attached to an aromatic ring is 1. The highest BCUT2D eigenvalue weighted by Crippen LogP contribution is 2.27. The van der Waals surface area contributed by atoms with Gasteiger partial charge < -0.3 is 15.2 Å². The van der Waals surface area contributed by atoms with Gasteiger partial charge in [0.15, 0.2) is 3.95 Å². The van der Waals surface area contributed by atoms with Crippen LogP contribution in [0.5, 0.6) is 11.5 Å². The molecule has 156 valence electrons. The van der Waals surface area contributed by atoms with Gasteiger partial charge in [0.1, 0.15) is 22.2 Å². The number of nitrogens with zero attached hydrogens (tertiary/aromatic N) is 2. The third-order valence-corrected chi connectivity index (χ3v) is 6.18. The van der Waals surface area contributed by atoms with Crippen molar-refractivity contribution in [1.82, 2.24) is 9.99 Å². The van der Waals surface area contributed by atoms with Crippen LogP contribution in [0.2, 0.25) is 0 Å². The number of halogens is 1. The Balaban J connectivity index is 1.88. The minimum Gasteiger partial charge on any atom is -0.497 e.